The van der Waals surface area contributed by atoms with Crippen molar-refractivity contribution in [2.45, 2.75) is 25.3 Å². The first kappa shape index (κ1) is 15.1. The van der Waals surface area contributed by atoms with Gasteiger partial charge in [-0.25, -0.2) is 0 Å². The highest BCUT2D eigenvalue weighted by atomic mass is 16.1. The number of carbonyl (C=O) groups excluding carboxylic acids is 2. The van der Waals surface area contributed by atoms with E-state index in [0.29, 0.717) is 11.5 Å². The van der Waals surface area contributed by atoms with Gasteiger partial charge in [-0.15, -0.1) is 0 Å². The fourth-order valence-corrected chi connectivity index (χ4v) is 4.54. The van der Waals surface area contributed by atoms with Crippen LogP contribution in [0.25, 0.3) is 0 Å². The van der Waals surface area contributed by atoms with Gasteiger partial charge in [0.05, 0.1) is 0 Å². The summed E-state index contributed by atoms with van der Waals surface area (Å²) in [6.45, 7) is 0. The number of amides is 1. The maximum Gasteiger partial charge on any atom is 0.251 e. The Morgan fingerprint density at radius 3 is 2.12 bits per heavy atom. The normalized spacial score (nSPS) is 27.8. The zero-order valence-corrected chi connectivity index (χ0v) is 13.5. The predicted molar refractivity (Wildman–Crippen MR) is 92.8 cm³/mol. The lowest BCUT2D eigenvalue weighted by Gasteiger charge is -2.23. The summed E-state index contributed by atoms with van der Waals surface area (Å²) in [5, 5.41) is 3.17. The van der Waals surface area contributed by atoms with Crippen molar-refractivity contribution in [3.8, 4) is 0 Å². The third-order valence-corrected chi connectivity index (χ3v) is 5.63. The van der Waals surface area contributed by atoms with E-state index in [-0.39, 0.29) is 29.6 Å². The molecule has 0 unspecified atom stereocenters. The van der Waals surface area contributed by atoms with E-state index in [1.807, 2.05) is 60.7 Å². The molecule has 2 saturated carbocycles. The van der Waals surface area contributed by atoms with Crippen LogP contribution in [0.15, 0.2) is 60.7 Å². The Morgan fingerprint density at radius 1 is 0.833 bits per heavy atom. The number of benzene rings is 2. The third kappa shape index (κ3) is 2.64. The molecule has 4 rings (SSSR count). The van der Waals surface area contributed by atoms with Gasteiger partial charge in [0, 0.05) is 23.1 Å². The maximum absolute atomic E-state index is 12.9. The lowest BCUT2D eigenvalue weighted by molar-refractivity contribution is 0.0864. The van der Waals surface area contributed by atoms with E-state index >= 15 is 0 Å². The number of hydrogen-bond donors (Lipinski definition) is 1. The summed E-state index contributed by atoms with van der Waals surface area (Å²) >= 11 is 0. The Balaban J connectivity index is 1.49. The van der Waals surface area contributed by atoms with Crippen LogP contribution in [0.5, 0.6) is 0 Å². The van der Waals surface area contributed by atoms with Gasteiger partial charge in [0.15, 0.2) is 5.78 Å². The Hall–Kier alpha value is -2.42. The molecule has 2 aromatic rings. The van der Waals surface area contributed by atoms with Gasteiger partial charge in [0.1, 0.15) is 0 Å². The van der Waals surface area contributed by atoms with Gasteiger partial charge in [0.25, 0.3) is 5.91 Å². The summed E-state index contributed by atoms with van der Waals surface area (Å²) in [5.41, 5.74) is 1.49. The van der Waals surface area contributed by atoms with Crippen LogP contribution in [-0.4, -0.2) is 17.7 Å². The molecule has 3 nitrogen and oxygen atoms in total. The van der Waals surface area contributed by atoms with Crippen LogP contribution >= 0.6 is 0 Å². The number of fused-ring (bicyclic) bond motifs is 2. The standard InChI is InChI=1S/C21H21NO2/c23-20(14-7-3-1-4-8-14)19-16-11-12-17(19)18(13-16)22-21(24)15-9-5-2-6-10-15/h1-10,16-19H,11-13H2,(H,22,24)/t16-,17+,18-,19+/m1/s1. The Bertz CT molecular complexity index is 741. The Kier molecular flexibility index (Phi) is 3.93. The van der Waals surface area contributed by atoms with E-state index in [1.165, 1.54) is 0 Å². The van der Waals surface area contributed by atoms with Gasteiger partial charge in [-0.1, -0.05) is 48.5 Å². The average Bonchev–Trinajstić information content (AvgIpc) is 3.20. The molecule has 2 aliphatic rings. The van der Waals surface area contributed by atoms with Crippen LogP contribution in [-0.2, 0) is 0 Å². The molecule has 1 amide bonds. The van der Waals surface area contributed by atoms with Crippen LogP contribution in [0.4, 0.5) is 0 Å². The Morgan fingerprint density at radius 2 is 1.46 bits per heavy atom. The largest absolute Gasteiger partial charge is 0.349 e. The van der Waals surface area contributed by atoms with E-state index in [0.717, 1.165) is 24.8 Å². The van der Waals surface area contributed by atoms with Gasteiger partial charge < -0.3 is 5.32 Å². The molecule has 2 bridgehead atoms. The van der Waals surface area contributed by atoms with Gasteiger partial charge in [-0.05, 0) is 43.2 Å². The number of rotatable bonds is 4. The summed E-state index contributed by atoms with van der Waals surface area (Å²) in [4.78, 5) is 25.3. The van der Waals surface area contributed by atoms with Crippen LogP contribution in [0, 0.1) is 17.8 Å². The molecule has 0 aromatic heterocycles. The summed E-state index contributed by atoms with van der Waals surface area (Å²) in [5.74, 6) is 0.964. The van der Waals surface area contributed by atoms with Gasteiger partial charge >= 0.3 is 0 Å². The van der Waals surface area contributed by atoms with Gasteiger partial charge in [-0.2, -0.15) is 0 Å². The molecule has 0 radical (unpaired) electrons. The number of ketones is 1. The molecule has 1 N–H and O–H groups in total. The van der Waals surface area contributed by atoms with Crippen LogP contribution in [0.1, 0.15) is 40.0 Å². The molecule has 2 aliphatic carbocycles. The lowest BCUT2D eigenvalue weighted by atomic mass is 9.88. The topological polar surface area (TPSA) is 46.2 Å². The minimum atomic E-state index is -0.0286. The fraction of sp³-hybridized carbons (Fsp3) is 0.333. The maximum atomic E-state index is 12.9. The van der Waals surface area contributed by atoms with Crippen molar-refractivity contribution < 1.29 is 9.59 Å². The number of hydrogen-bond acceptors (Lipinski definition) is 2. The SMILES string of the molecule is O=C(N[C@@H]1C[C@H]2CC[C@@H]1[C@H]2C(=O)c1ccccc1)c1ccccc1. The molecule has 2 fully saturated rings. The molecule has 3 heteroatoms. The first-order chi connectivity index (χ1) is 11.7. The van der Waals surface area contributed by atoms with Crippen molar-refractivity contribution in [3.05, 3.63) is 71.8 Å². The van der Waals surface area contributed by atoms with E-state index in [2.05, 4.69) is 5.32 Å². The highest BCUT2D eigenvalue weighted by Gasteiger charge is 2.51. The lowest BCUT2D eigenvalue weighted by Crippen LogP contribution is -2.39. The zero-order chi connectivity index (χ0) is 16.5. The molecular formula is C21H21NO2. The van der Waals surface area contributed by atoms with Crippen molar-refractivity contribution in [3.63, 3.8) is 0 Å². The summed E-state index contributed by atoms with van der Waals surface area (Å²) in [6, 6.07) is 19.0. The highest BCUT2D eigenvalue weighted by molar-refractivity contribution is 5.99. The molecule has 2 aromatic carbocycles. The second-order valence-electron chi connectivity index (χ2n) is 6.94. The average molecular weight is 319 g/mol. The molecule has 4 atom stereocenters. The number of carbonyl (C=O) groups is 2. The third-order valence-electron chi connectivity index (χ3n) is 5.63. The van der Waals surface area contributed by atoms with Crippen molar-refractivity contribution in [2.24, 2.45) is 17.8 Å². The smallest absolute Gasteiger partial charge is 0.251 e. The van der Waals surface area contributed by atoms with E-state index < -0.39 is 0 Å². The van der Waals surface area contributed by atoms with E-state index in [4.69, 9.17) is 0 Å². The van der Waals surface area contributed by atoms with Crippen LogP contribution in [0.2, 0.25) is 0 Å². The molecule has 0 aliphatic heterocycles. The predicted octanol–water partition coefficient (Wildman–Crippen LogP) is 3.71. The second kappa shape index (κ2) is 6.23. The van der Waals surface area contributed by atoms with Crippen LogP contribution < -0.4 is 5.32 Å². The Labute approximate surface area is 142 Å². The summed E-state index contributed by atoms with van der Waals surface area (Å²) < 4.78 is 0. The first-order valence-corrected chi connectivity index (χ1v) is 8.69. The quantitative estimate of drug-likeness (QED) is 0.873. The minimum Gasteiger partial charge on any atom is -0.349 e. The fourth-order valence-electron chi connectivity index (χ4n) is 4.54. The van der Waals surface area contributed by atoms with Crippen molar-refractivity contribution >= 4 is 11.7 Å². The summed E-state index contributed by atoms with van der Waals surface area (Å²) in [7, 11) is 0. The molecule has 0 saturated heterocycles. The van der Waals surface area contributed by atoms with Crippen molar-refractivity contribution in [1.82, 2.24) is 5.32 Å². The molecule has 122 valence electrons. The van der Waals surface area contributed by atoms with Crippen molar-refractivity contribution in [2.75, 3.05) is 0 Å². The van der Waals surface area contributed by atoms with E-state index in [9.17, 15) is 9.59 Å². The van der Waals surface area contributed by atoms with Crippen LogP contribution in [0.3, 0.4) is 0 Å². The highest BCUT2D eigenvalue weighted by Crippen LogP contribution is 2.50. The van der Waals surface area contributed by atoms with Crippen molar-refractivity contribution in [1.29, 1.82) is 0 Å². The molecular weight excluding hydrogens is 298 g/mol. The molecule has 24 heavy (non-hydrogen) atoms. The summed E-state index contributed by atoms with van der Waals surface area (Å²) in [6.07, 6.45) is 3.06. The van der Waals surface area contributed by atoms with E-state index in [1.54, 1.807) is 0 Å². The molecule has 0 spiro atoms. The number of Topliss-reactive ketones (excluding diaryl/α,β-unsaturated/α-hetero) is 1. The minimum absolute atomic E-state index is 0.0286. The second-order valence-corrected chi connectivity index (χ2v) is 6.94. The van der Waals surface area contributed by atoms with Gasteiger partial charge in [0.2, 0.25) is 0 Å². The number of nitrogens with one attached hydrogen (secondary N) is 1. The zero-order valence-electron chi connectivity index (χ0n) is 13.5. The first-order valence-electron chi connectivity index (χ1n) is 8.69. The molecule has 0 heterocycles. The van der Waals surface area contributed by atoms with Gasteiger partial charge in [-0.3, -0.25) is 9.59 Å². The monoisotopic (exact) mass is 319 g/mol.